The number of likely N-dealkylation sites (tertiary alicyclic amines) is 1. The van der Waals surface area contributed by atoms with Crippen molar-refractivity contribution >= 4 is 17.4 Å². The van der Waals surface area contributed by atoms with Crippen LogP contribution >= 0.6 is 0 Å². The van der Waals surface area contributed by atoms with Gasteiger partial charge in [0, 0.05) is 12.1 Å². The van der Waals surface area contributed by atoms with Crippen molar-refractivity contribution in [3.8, 4) is 5.75 Å². The molecular formula is C29H37NO4. The lowest BCUT2D eigenvalue weighted by molar-refractivity contribution is -0.139. The number of amides is 1. The molecule has 2 aromatic carbocycles. The van der Waals surface area contributed by atoms with Gasteiger partial charge in [-0.2, -0.15) is 0 Å². The van der Waals surface area contributed by atoms with Crippen LogP contribution in [0.5, 0.6) is 5.75 Å². The Hall–Kier alpha value is -3.08. The first-order valence-electron chi connectivity index (χ1n) is 12.2. The molecule has 0 aliphatic carbocycles. The largest absolute Gasteiger partial charge is 0.507 e. The smallest absolute Gasteiger partial charge is 0.295 e. The van der Waals surface area contributed by atoms with Gasteiger partial charge in [-0.25, -0.2) is 0 Å². The van der Waals surface area contributed by atoms with E-state index in [-0.39, 0.29) is 16.7 Å². The lowest BCUT2D eigenvalue weighted by Crippen LogP contribution is -2.30. The number of aliphatic hydroxyl groups excluding tert-OH is 1. The molecule has 1 unspecified atom stereocenters. The van der Waals surface area contributed by atoms with E-state index >= 15 is 0 Å². The third kappa shape index (κ3) is 5.19. The minimum atomic E-state index is -0.658. The molecule has 0 bridgehead atoms. The van der Waals surface area contributed by atoms with Gasteiger partial charge in [0.15, 0.2) is 0 Å². The number of hydrogen-bond donors (Lipinski definition) is 1. The zero-order valence-corrected chi connectivity index (χ0v) is 21.3. The molecule has 0 spiro atoms. The molecule has 0 aromatic heterocycles. The minimum Gasteiger partial charge on any atom is -0.507 e. The van der Waals surface area contributed by atoms with E-state index in [9.17, 15) is 14.7 Å². The van der Waals surface area contributed by atoms with Gasteiger partial charge in [0.2, 0.25) is 0 Å². The van der Waals surface area contributed by atoms with Gasteiger partial charge in [0.1, 0.15) is 11.5 Å². The Morgan fingerprint density at radius 1 is 1.06 bits per heavy atom. The topological polar surface area (TPSA) is 66.8 Å². The summed E-state index contributed by atoms with van der Waals surface area (Å²) in [5, 5.41) is 11.5. The third-order valence-corrected chi connectivity index (χ3v) is 6.30. The molecule has 34 heavy (non-hydrogen) atoms. The average molecular weight is 464 g/mol. The molecule has 5 nitrogen and oxygen atoms in total. The SMILES string of the molecule is CCCCN1C(=O)C(=O)/C(=C(/O)c2cc(C(C)(C)C)ccc2C)C1c1cccc(OCCC)c1. The first-order valence-corrected chi connectivity index (χ1v) is 12.2. The molecular weight excluding hydrogens is 426 g/mol. The second-order valence-electron chi connectivity index (χ2n) is 10.0. The van der Waals surface area contributed by atoms with Crippen molar-refractivity contribution in [1.82, 2.24) is 4.90 Å². The summed E-state index contributed by atoms with van der Waals surface area (Å²) in [7, 11) is 0. The first-order chi connectivity index (χ1) is 16.1. The van der Waals surface area contributed by atoms with Crippen LogP contribution in [0.1, 0.15) is 82.2 Å². The molecule has 1 fully saturated rings. The monoisotopic (exact) mass is 463 g/mol. The Balaban J connectivity index is 2.20. The van der Waals surface area contributed by atoms with E-state index < -0.39 is 17.7 Å². The van der Waals surface area contributed by atoms with Crippen LogP contribution in [0.15, 0.2) is 48.0 Å². The molecule has 0 saturated carbocycles. The number of benzene rings is 2. The lowest BCUT2D eigenvalue weighted by atomic mass is 9.84. The van der Waals surface area contributed by atoms with Gasteiger partial charge in [0.05, 0.1) is 18.2 Å². The molecule has 1 saturated heterocycles. The maximum absolute atomic E-state index is 13.3. The van der Waals surface area contributed by atoms with Gasteiger partial charge in [0.25, 0.3) is 11.7 Å². The predicted molar refractivity (Wildman–Crippen MR) is 136 cm³/mol. The molecule has 1 N–H and O–H groups in total. The van der Waals surface area contributed by atoms with E-state index in [1.807, 2.05) is 63.2 Å². The normalized spacial score (nSPS) is 17.9. The van der Waals surface area contributed by atoms with Crippen LogP contribution in [0.4, 0.5) is 0 Å². The van der Waals surface area contributed by atoms with E-state index in [0.717, 1.165) is 36.0 Å². The maximum atomic E-state index is 13.3. The van der Waals surface area contributed by atoms with Gasteiger partial charge in [-0.3, -0.25) is 9.59 Å². The zero-order chi connectivity index (χ0) is 25.0. The average Bonchev–Trinajstić information content (AvgIpc) is 3.05. The van der Waals surface area contributed by atoms with E-state index in [4.69, 9.17) is 4.74 Å². The van der Waals surface area contributed by atoms with E-state index in [1.165, 1.54) is 0 Å². The summed E-state index contributed by atoms with van der Waals surface area (Å²) in [6.07, 6.45) is 2.54. The van der Waals surface area contributed by atoms with Crippen LogP contribution in [0.3, 0.4) is 0 Å². The zero-order valence-electron chi connectivity index (χ0n) is 21.3. The number of hydrogen-bond acceptors (Lipinski definition) is 4. The Kier molecular flexibility index (Phi) is 7.86. The molecule has 1 amide bonds. The Morgan fingerprint density at radius 2 is 1.79 bits per heavy atom. The Labute approximate surface area is 203 Å². The highest BCUT2D eigenvalue weighted by atomic mass is 16.5. The second-order valence-corrected chi connectivity index (χ2v) is 10.0. The van der Waals surface area contributed by atoms with Crippen LogP contribution in [-0.4, -0.2) is 34.8 Å². The number of nitrogens with zero attached hydrogens (tertiary/aromatic N) is 1. The van der Waals surface area contributed by atoms with Crippen molar-refractivity contribution < 1.29 is 19.4 Å². The lowest BCUT2D eigenvalue weighted by Gasteiger charge is -2.26. The standard InChI is InChI=1S/C29H37NO4/c1-7-9-15-30-25(20-11-10-12-22(17-20)34-16-8-2)24(27(32)28(30)33)26(31)23-18-21(29(4,5)6)14-13-19(23)3/h10-14,17-18,25,31H,7-9,15-16H2,1-6H3/b26-24+. The molecule has 2 aromatic rings. The summed E-state index contributed by atoms with van der Waals surface area (Å²) >= 11 is 0. The van der Waals surface area contributed by atoms with Crippen molar-refractivity contribution in [3.63, 3.8) is 0 Å². The second kappa shape index (κ2) is 10.5. The van der Waals surface area contributed by atoms with Crippen LogP contribution in [-0.2, 0) is 15.0 Å². The van der Waals surface area contributed by atoms with Crippen LogP contribution in [0.2, 0.25) is 0 Å². The number of unbranched alkanes of at least 4 members (excludes halogenated alkanes) is 1. The first kappa shape index (κ1) is 25.5. The minimum absolute atomic E-state index is 0.120. The molecule has 182 valence electrons. The fourth-order valence-corrected chi connectivity index (χ4v) is 4.27. The maximum Gasteiger partial charge on any atom is 0.295 e. The third-order valence-electron chi connectivity index (χ3n) is 6.30. The highest BCUT2D eigenvalue weighted by molar-refractivity contribution is 6.46. The van der Waals surface area contributed by atoms with Crippen LogP contribution < -0.4 is 4.74 Å². The van der Waals surface area contributed by atoms with E-state index in [0.29, 0.717) is 24.5 Å². The quantitative estimate of drug-likeness (QED) is 0.283. The summed E-state index contributed by atoms with van der Waals surface area (Å²) in [6, 6.07) is 12.8. The summed E-state index contributed by atoms with van der Waals surface area (Å²) in [5.74, 6) is -0.638. The van der Waals surface area contributed by atoms with Crippen molar-refractivity contribution in [1.29, 1.82) is 0 Å². The Bertz CT molecular complexity index is 1090. The van der Waals surface area contributed by atoms with E-state index in [2.05, 4.69) is 20.8 Å². The van der Waals surface area contributed by atoms with Crippen molar-refractivity contribution in [2.45, 2.75) is 72.3 Å². The fourth-order valence-electron chi connectivity index (χ4n) is 4.27. The molecule has 1 aliphatic heterocycles. The number of ether oxygens (including phenoxy) is 1. The number of rotatable bonds is 8. The number of aliphatic hydroxyl groups is 1. The predicted octanol–water partition coefficient (Wildman–Crippen LogP) is 6.30. The summed E-state index contributed by atoms with van der Waals surface area (Å²) in [5.41, 5.74) is 3.26. The molecule has 1 heterocycles. The number of Topliss-reactive ketones (excluding diaryl/α,β-unsaturated/α-hetero) is 1. The number of aryl methyl sites for hydroxylation is 1. The van der Waals surface area contributed by atoms with Gasteiger partial charge >= 0.3 is 0 Å². The number of carbonyl (C=O) groups is 2. The van der Waals surface area contributed by atoms with Gasteiger partial charge in [-0.1, -0.05) is 65.3 Å². The van der Waals surface area contributed by atoms with Gasteiger partial charge in [-0.15, -0.1) is 0 Å². The number of ketones is 1. The Morgan fingerprint density at radius 3 is 2.44 bits per heavy atom. The fraction of sp³-hybridized carbons (Fsp3) is 0.448. The summed E-state index contributed by atoms with van der Waals surface area (Å²) in [6.45, 7) is 13.3. The van der Waals surface area contributed by atoms with Crippen LogP contribution in [0.25, 0.3) is 5.76 Å². The van der Waals surface area contributed by atoms with Crippen LogP contribution in [0, 0.1) is 6.92 Å². The molecule has 3 rings (SSSR count). The molecule has 0 radical (unpaired) electrons. The summed E-state index contributed by atoms with van der Waals surface area (Å²) in [4.78, 5) is 28.0. The molecule has 5 heteroatoms. The van der Waals surface area contributed by atoms with Gasteiger partial charge < -0.3 is 14.7 Å². The number of carbonyl (C=O) groups excluding carboxylic acids is 2. The summed E-state index contributed by atoms with van der Waals surface area (Å²) < 4.78 is 5.81. The van der Waals surface area contributed by atoms with Crippen molar-refractivity contribution in [2.24, 2.45) is 0 Å². The molecule has 1 atom stereocenters. The van der Waals surface area contributed by atoms with E-state index in [1.54, 1.807) is 4.90 Å². The van der Waals surface area contributed by atoms with Crippen molar-refractivity contribution in [3.05, 3.63) is 70.3 Å². The highest BCUT2D eigenvalue weighted by Gasteiger charge is 2.46. The van der Waals surface area contributed by atoms with Gasteiger partial charge in [-0.05, 0) is 60.1 Å². The molecule has 1 aliphatic rings. The van der Waals surface area contributed by atoms with Crippen molar-refractivity contribution in [2.75, 3.05) is 13.2 Å². The highest BCUT2D eigenvalue weighted by Crippen LogP contribution is 2.41.